The van der Waals surface area contributed by atoms with Crippen molar-refractivity contribution in [2.45, 2.75) is 25.8 Å². The quantitative estimate of drug-likeness (QED) is 0.655. The Morgan fingerprint density at radius 1 is 1.44 bits per heavy atom. The van der Waals surface area contributed by atoms with Crippen molar-refractivity contribution in [1.29, 1.82) is 0 Å². The third-order valence-corrected chi connectivity index (χ3v) is 3.44. The number of hydrogen-bond acceptors (Lipinski definition) is 3. The van der Waals surface area contributed by atoms with Crippen LogP contribution in [0.25, 0.3) is 0 Å². The lowest BCUT2D eigenvalue weighted by molar-refractivity contribution is -0.131. The van der Waals surface area contributed by atoms with Gasteiger partial charge in [0, 0.05) is 26.1 Å². The number of fused-ring (bicyclic) bond motifs is 1. The van der Waals surface area contributed by atoms with E-state index >= 15 is 0 Å². The van der Waals surface area contributed by atoms with Crippen LogP contribution in [0.5, 0.6) is 0 Å². The minimum atomic E-state index is -0.150. The summed E-state index contributed by atoms with van der Waals surface area (Å²) >= 11 is 0. The van der Waals surface area contributed by atoms with E-state index < -0.39 is 0 Å². The molecule has 0 saturated carbocycles. The molecule has 16 heavy (non-hydrogen) atoms. The minimum absolute atomic E-state index is 0.0337. The molecule has 90 valence electrons. The van der Waals surface area contributed by atoms with Crippen LogP contribution >= 0.6 is 0 Å². The Labute approximate surface area is 95.6 Å². The molecule has 2 amide bonds. The van der Waals surface area contributed by atoms with E-state index in [0.29, 0.717) is 12.0 Å². The van der Waals surface area contributed by atoms with Gasteiger partial charge in [-0.1, -0.05) is 0 Å². The fourth-order valence-electron chi connectivity index (χ4n) is 2.56. The molecule has 2 aliphatic heterocycles. The fourth-order valence-corrected chi connectivity index (χ4v) is 2.56. The van der Waals surface area contributed by atoms with Crippen LogP contribution < -0.4 is 10.6 Å². The van der Waals surface area contributed by atoms with Crippen LogP contribution in [0.2, 0.25) is 0 Å². The second-order valence-corrected chi connectivity index (χ2v) is 4.67. The lowest BCUT2D eigenvalue weighted by atomic mass is 9.94. The highest BCUT2D eigenvalue weighted by molar-refractivity contribution is 5.83. The minimum Gasteiger partial charge on any atom is -0.347 e. The number of amides is 2. The number of piperidine rings is 1. The van der Waals surface area contributed by atoms with Gasteiger partial charge in [0.25, 0.3) is 0 Å². The van der Waals surface area contributed by atoms with Crippen molar-refractivity contribution in [2.24, 2.45) is 5.92 Å². The zero-order chi connectivity index (χ0) is 11.5. The molecular weight excluding hydrogens is 206 g/mol. The van der Waals surface area contributed by atoms with E-state index in [0.717, 1.165) is 19.6 Å². The molecule has 0 unspecified atom stereocenters. The predicted octanol–water partition coefficient (Wildman–Crippen LogP) is -0.667. The average molecular weight is 225 g/mol. The van der Waals surface area contributed by atoms with E-state index in [9.17, 15) is 9.59 Å². The number of rotatable bonds is 2. The second-order valence-electron chi connectivity index (χ2n) is 4.67. The molecule has 2 aliphatic rings. The zero-order valence-electron chi connectivity index (χ0n) is 9.66. The first-order valence-electron chi connectivity index (χ1n) is 5.92. The summed E-state index contributed by atoms with van der Waals surface area (Å²) in [6, 6.07) is 0.468. The molecule has 2 fully saturated rings. The third-order valence-electron chi connectivity index (χ3n) is 3.44. The van der Waals surface area contributed by atoms with Crippen molar-refractivity contribution in [3.63, 3.8) is 0 Å². The van der Waals surface area contributed by atoms with Crippen LogP contribution in [0.3, 0.4) is 0 Å². The highest BCUT2D eigenvalue weighted by Crippen LogP contribution is 2.24. The molecular formula is C11H19N3O2. The number of carbonyl (C=O) groups is 2. The maximum Gasteiger partial charge on any atom is 0.242 e. The van der Waals surface area contributed by atoms with Crippen LogP contribution in [0.1, 0.15) is 19.8 Å². The molecule has 0 aromatic carbocycles. The molecule has 5 nitrogen and oxygen atoms in total. The normalized spacial score (nSPS) is 28.7. The van der Waals surface area contributed by atoms with Crippen molar-refractivity contribution in [3.8, 4) is 0 Å². The number of likely N-dealkylation sites (tertiary alicyclic amines) is 1. The molecule has 0 aromatic heterocycles. The highest BCUT2D eigenvalue weighted by Gasteiger charge is 2.36. The first kappa shape index (κ1) is 11.4. The Morgan fingerprint density at radius 2 is 2.25 bits per heavy atom. The number of hydrogen-bond donors (Lipinski definition) is 2. The molecule has 0 bridgehead atoms. The Balaban J connectivity index is 1.82. The van der Waals surface area contributed by atoms with E-state index in [2.05, 4.69) is 10.6 Å². The molecule has 5 heteroatoms. The summed E-state index contributed by atoms with van der Waals surface area (Å²) in [5, 5.41) is 6.00. The number of carbonyl (C=O) groups excluding carboxylic acids is 2. The fraction of sp³-hybridized carbons (Fsp3) is 0.818. The van der Waals surface area contributed by atoms with Crippen molar-refractivity contribution in [3.05, 3.63) is 0 Å². The molecule has 2 saturated heterocycles. The predicted molar refractivity (Wildman–Crippen MR) is 59.8 cm³/mol. The van der Waals surface area contributed by atoms with Gasteiger partial charge in [-0.2, -0.15) is 0 Å². The number of nitrogens with one attached hydrogen (secondary N) is 2. The summed E-state index contributed by atoms with van der Waals surface area (Å²) in [5.74, 6) is 0.490. The summed E-state index contributed by atoms with van der Waals surface area (Å²) in [6.07, 6.45) is 2.41. The van der Waals surface area contributed by atoms with Crippen molar-refractivity contribution in [2.75, 3.05) is 26.2 Å². The molecule has 0 radical (unpaired) electrons. The van der Waals surface area contributed by atoms with Gasteiger partial charge >= 0.3 is 0 Å². The van der Waals surface area contributed by atoms with Gasteiger partial charge in [0.1, 0.15) is 0 Å². The second kappa shape index (κ2) is 4.82. The first-order chi connectivity index (χ1) is 7.66. The maximum atomic E-state index is 11.8. The average Bonchev–Trinajstić information content (AvgIpc) is 2.69. The standard InChI is InChI=1S/C11H19N3O2/c1-8(15)13-5-11(16)14-6-9-3-2-4-12-10(9)7-14/h9-10,12H,2-7H2,1H3,(H,13,15)/t9-,10+/m0/s1. The van der Waals surface area contributed by atoms with E-state index in [-0.39, 0.29) is 18.4 Å². The van der Waals surface area contributed by atoms with Gasteiger partial charge in [0.2, 0.25) is 11.8 Å². The first-order valence-corrected chi connectivity index (χ1v) is 5.92. The Bertz CT molecular complexity index is 279. The molecule has 2 atom stereocenters. The monoisotopic (exact) mass is 225 g/mol. The molecule has 0 spiro atoms. The summed E-state index contributed by atoms with van der Waals surface area (Å²) in [5.41, 5.74) is 0. The van der Waals surface area contributed by atoms with Gasteiger partial charge in [-0.05, 0) is 25.3 Å². The van der Waals surface area contributed by atoms with Gasteiger partial charge in [-0.3, -0.25) is 9.59 Å². The molecule has 0 aromatic rings. The van der Waals surface area contributed by atoms with Crippen molar-refractivity contribution in [1.82, 2.24) is 15.5 Å². The molecule has 2 heterocycles. The van der Waals surface area contributed by atoms with E-state index in [1.54, 1.807) is 0 Å². The van der Waals surface area contributed by atoms with Gasteiger partial charge in [0.15, 0.2) is 0 Å². The van der Waals surface area contributed by atoms with E-state index in [4.69, 9.17) is 0 Å². The van der Waals surface area contributed by atoms with Gasteiger partial charge < -0.3 is 15.5 Å². The van der Waals surface area contributed by atoms with E-state index in [1.165, 1.54) is 19.8 Å². The summed E-state index contributed by atoms with van der Waals surface area (Å²) in [7, 11) is 0. The van der Waals surface area contributed by atoms with Crippen LogP contribution in [0.4, 0.5) is 0 Å². The third kappa shape index (κ3) is 2.52. The maximum absolute atomic E-state index is 11.8. The summed E-state index contributed by atoms with van der Waals surface area (Å²) in [6.45, 7) is 4.27. The largest absolute Gasteiger partial charge is 0.347 e. The van der Waals surface area contributed by atoms with Gasteiger partial charge in [-0.25, -0.2) is 0 Å². The van der Waals surface area contributed by atoms with Gasteiger partial charge in [0.05, 0.1) is 6.54 Å². The van der Waals surface area contributed by atoms with Crippen molar-refractivity contribution < 1.29 is 9.59 Å². The van der Waals surface area contributed by atoms with Crippen LogP contribution in [-0.2, 0) is 9.59 Å². The SMILES string of the molecule is CC(=O)NCC(=O)N1C[C@@H]2CCCN[C@@H]2C1. The van der Waals surface area contributed by atoms with E-state index in [1.807, 2.05) is 4.90 Å². The molecule has 2 N–H and O–H groups in total. The smallest absolute Gasteiger partial charge is 0.242 e. The zero-order valence-corrected chi connectivity index (χ0v) is 9.66. The van der Waals surface area contributed by atoms with Gasteiger partial charge in [-0.15, -0.1) is 0 Å². The van der Waals surface area contributed by atoms with Crippen LogP contribution in [0.15, 0.2) is 0 Å². The molecule has 2 rings (SSSR count). The highest BCUT2D eigenvalue weighted by atomic mass is 16.2. The Kier molecular flexibility index (Phi) is 3.43. The van der Waals surface area contributed by atoms with Crippen LogP contribution in [-0.4, -0.2) is 48.9 Å². The van der Waals surface area contributed by atoms with Crippen molar-refractivity contribution >= 4 is 11.8 Å². The molecule has 0 aliphatic carbocycles. The Morgan fingerprint density at radius 3 is 2.94 bits per heavy atom. The Hall–Kier alpha value is -1.10. The lowest BCUT2D eigenvalue weighted by Gasteiger charge is -2.24. The van der Waals surface area contributed by atoms with Crippen LogP contribution in [0, 0.1) is 5.92 Å². The lowest BCUT2D eigenvalue weighted by Crippen LogP contribution is -2.42. The summed E-state index contributed by atoms with van der Waals surface area (Å²) in [4.78, 5) is 24.4. The summed E-state index contributed by atoms with van der Waals surface area (Å²) < 4.78 is 0. The number of nitrogens with zero attached hydrogens (tertiary/aromatic N) is 1. The topological polar surface area (TPSA) is 61.4 Å².